The molecule has 0 aliphatic heterocycles. The van der Waals surface area contributed by atoms with Crippen molar-refractivity contribution in [1.82, 2.24) is 14.8 Å². The van der Waals surface area contributed by atoms with Gasteiger partial charge in [0.25, 0.3) is 5.91 Å². The third-order valence-electron chi connectivity index (χ3n) is 3.84. The first-order valence-electron chi connectivity index (χ1n) is 8.09. The van der Waals surface area contributed by atoms with Gasteiger partial charge >= 0.3 is 0 Å². The maximum absolute atomic E-state index is 12.5. The molecule has 0 unspecified atom stereocenters. The molecule has 2 heterocycles. The molecule has 1 aromatic carbocycles. The molecule has 136 valence electrons. The van der Waals surface area contributed by atoms with E-state index in [9.17, 15) is 4.79 Å². The monoisotopic (exact) mass is 372 g/mol. The molecule has 1 N–H and O–H groups in total. The Balaban J connectivity index is 1.81. The normalized spacial score (nSPS) is 10.6. The molecule has 7 nitrogen and oxygen atoms in total. The summed E-state index contributed by atoms with van der Waals surface area (Å²) in [5.41, 5.74) is 2.97. The summed E-state index contributed by atoms with van der Waals surface area (Å²) in [6, 6.07) is 7.35. The van der Waals surface area contributed by atoms with Crippen LogP contribution in [0.2, 0.25) is 0 Å². The number of carbonyl (C=O) groups is 1. The fourth-order valence-electron chi connectivity index (χ4n) is 2.59. The molecule has 26 heavy (non-hydrogen) atoms. The lowest BCUT2D eigenvalue weighted by molar-refractivity contribution is 0.101. The lowest BCUT2D eigenvalue weighted by atomic mass is 10.1. The van der Waals surface area contributed by atoms with Crippen LogP contribution in [0.1, 0.15) is 23.1 Å². The fourth-order valence-corrected chi connectivity index (χ4v) is 3.30. The zero-order valence-corrected chi connectivity index (χ0v) is 15.9. The number of amides is 1. The highest BCUT2D eigenvalue weighted by molar-refractivity contribution is 7.14. The van der Waals surface area contributed by atoms with Crippen LogP contribution in [0.3, 0.4) is 0 Å². The molecule has 0 bridgehead atoms. The molecule has 0 aliphatic carbocycles. The number of anilines is 1. The minimum absolute atomic E-state index is 0.222. The summed E-state index contributed by atoms with van der Waals surface area (Å²) in [4.78, 5) is 17.0. The summed E-state index contributed by atoms with van der Waals surface area (Å²) in [7, 11) is 3.18. The van der Waals surface area contributed by atoms with Crippen molar-refractivity contribution in [3.05, 3.63) is 41.0 Å². The van der Waals surface area contributed by atoms with Crippen molar-refractivity contribution in [2.75, 3.05) is 19.5 Å². The maximum atomic E-state index is 12.5. The van der Waals surface area contributed by atoms with Gasteiger partial charge < -0.3 is 9.47 Å². The molecule has 3 rings (SSSR count). The van der Waals surface area contributed by atoms with Crippen LogP contribution < -0.4 is 14.8 Å². The number of ether oxygens (including phenoxy) is 2. The van der Waals surface area contributed by atoms with Crippen molar-refractivity contribution in [2.45, 2.75) is 20.4 Å². The lowest BCUT2D eigenvalue weighted by Gasteiger charge is -2.08. The van der Waals surface area contributed by atoms with Crippen LogP contribution in [0.5, 0.6) is 11.5 Å². The number of aromatic nitrogens is 3. The molecule has 0 spiro atoms. The van der Waals surface area contributed by atoms with Crippen LogP contribution in [-0.2, 0) is 6.54 Å². The quantitative estimate of drug-likeness (QED) is 0.715. The van der Waals surface area contributed by atoms with Gasteiger partial charge in [-0.3, -0.25) is 14.8 Å². The molecule has 0 saturated heterocycles. The summed E-state index contributed by atoms with van der Waals surface area (Å²) >= 11 is 1.37. The van der Waals surface area contributed by atoms with Crippen LogP contribution in [0.4, 0.5) is 5.13 Å². The first kappa shape index (κ1) is 17.9. The number of methoxy groups -OCH3 is 2. The van der Waals surface area contributed by atoms with Crippen LogP contribution >= 0.6 is 11.3 Å². The molecule has 3 aromatic rings. The first-order chi connectivity index (χ1) is 12.5. The van der Waals surface area contributed by atoms with E-state index in [0.717, 1.165) is 17.0 Å². The van der Waals surface area contributed by atoms with Gasteiger partial charge in [-0.15, -0.1) is 11.3 Å². The molecule has 0 aliphatic rings. The summed E-state index contributed by atoms with van der Waals surface area (Å²) in [6.45, 7) is 4.44. The van der Waals surface area contributed by atoms with Crippen LogP contribution in [0, 0.1) is 6.92 Å². The van der Waals surface area contributed by atoms with E-state index in [-0.39, 0.29) is 5.91 Å². The van der Waals surface area contributed by atoms with Gasteiger partial charge in [0, 0.05) is 17.5 Å². The minimum Gasteiger partial charge on any atom is -0.493 e. The van der Waals surface area contributed by atoms with Gasteiger partial charge in [0.1, 0.15) is 5.69 Å². The molecule has 0 atom stereocenters. The highest BCUT2D eigenvalue weighted by atomic mass is 32.1. The average molecular weight is 372 g/mol. The number of thiazole rings is 1. The van der Waals surface area contributed by atoms with Crippen molar-refractivity contribution in [1.29, 1.82) is 0 Å². The van der Waals surface area contributed by atoms with Crippen molar-refractivity contribution >= 4 is 22.4 Å². The van der Waals surface area contributed by atoms with Crippen molar-refractivity contribution in [3.8, 4) is 22.8 Å². The molecule has 8 heteroatoms. The third-order valence-corrected chi connectivity index (χ3v) is 4.60. The van der Waals surface area contributed by atoms with E-state index in [0.29, 0.717) is 28.9 Å². The summed E-state index contributed by atoms with van der Waals surface area (Å²) in [6.07, 6.45) is 0. The Labute approximate surface area is 155 Å². The zero-order valence-electron chi connectivity index (χ0n) is 15.1. The number of nitrogens with one attached hydrogen (secondary N) is 1. The van der Waals surface area contributed by atoms with Gasteiger partial charge in [0.05, 0.1) is 25.6 Å². The average Bonchev–Trinajstić information content (AvgIpc) is 3.27. The Kier molecular flexibility index (Phi) is 5.22. The van der Waals surface area contributed by atoms with Crippen molar-refractivity contribution in [2.24, 2.45) is 0 Å². The van der Waals surface area contributed by atoms with Crippen LogP contribution in [0.25, 0.3) is 11.3 Å². The smallest absolute Gasteiger partial charge is 0.275 e. The molecular weight excluding hydrogens is 352 g/mol. The highest BCUT2D eigenvalue weighted by Gasteiger charge is 2.16. The number of nitrogens with zero attached hydrogens (tertiary/aromatic N) is 3. The van der Waals surface area contributed by atoms with Gasteiger partial charge in [-0.05, 0) is 38.1 Å². The number of hydrogen-bond acceptors (Lipinski definition) is 6. The first-order valence-corrected chi connectivity index (χ1v) is 8.97. The zero-order chi connectivity index (χ0) is 18.7. The largest absolute Gasteiger partial charge is 0.493 e. The Hall–Kier alpha value is -2.87. The molecule has 0 saturated carbocycles. The SMILES string of the molecule is CCn1nc(C)cc1C(=O)Nc1nc(-c2ccc(OC)c(OC)c2)cs1. The Morgan fingerprint density at radius 3 is 2.69 bits per heavy atom. The van der Waals surface area contributed by atoms with Crippen molar-refractivity contribution < 1.29 is 14.3 Å². The second kappa shape index (κ2) is 7.57. The number of hydrogen-bond donors (Lipinski definition) is 1. The molecular formula is C18H20N4O3S. The van der Waals surface area contributed by atoms with E-state index in [1.54, 1.807) is 25.0 Å². The van der Waals surface area contributed by atoms with E-state index in [4.69, 9.17) is 9.47 Å². The fraction of sp³-hybridized carbons (Fsp3) is 0.278. The Morgan fingerprint density at radius 1 is 1.23 bits per heavy atom. The number of carbonyl (C=O) groups excluding carboxylic acids is 1. The predicted molar refractivity (Wildman–Crippen MR) is 101 cm³/mol. The highest BCUT2D eigenvalue weighted by Crippen LogP contribution is 2.33. The Morgan fingerprint density at radius 2 is 2.00 bits per heavy atom. The lowest BCUT2D eigenvalue weighted by Crippen LogP contribution is -2.17. The van der Waals surface area contributed by atoms with Gasteiger partial charge in [0.2, 0.25) is 0 Å². The van der Waals surface area contributed by atoms with Gasteiger partial charge in [0.15, 0.2) is 16.6 Å². The second-order valence-corrected chi connectivity index (χ2v) is 6.41. The van der Waals surface area contributed by atoms with Gasteiger partial charge in [-0.1, -0.05) is 0 Å². The van der Waals surface area contributed by atoms with E-state index in [1.165, 1.54) is 11.3 Å². The number of rotatable bonds is 6. The van der Waals surface area contributed by atoms with Gasteiger partial charge in [-0.25, -0.2) is 4.98 Å². The van der Waals surface area contributed by atoms with Crippen molar-refractivity contribution in [3.63, 3.8) is 0 Å². The van der Waals surface area contributed by atoms with Gasteiger partial charge in [-0.2, -0.15) is 5.10 Å². The molecule has 2 aromatic heterocycles. The minimum atomic E-state index is -0.222. The molecule has 1 amide bonds. The number of benzene rings is 1. The molecule has 0 fully saturated rings. The summed E-state index contributed by atoms with van der Waals surface area (Å²) in [5.74, 6) is 1.06. The summed E-state index contributed by atoms with van der Waals surface area (Å²) in [5, 5.41) is 9.55. The third kappa shape index (κ3) is 3.55. The topological polar surface area (TPSA) is 78.3 Å². The summed E-state index contributed by atoms with van der Waals surface area (Å²) < 4.78 is 12.3. The van der Waals surface area contributed by atoms with E-state index >= 15 is 0 Å². The molecule has 0 radical (unpaired) electrons. The van der Waals surface area contributed by atoms with E-state index < -0.39 is 0 Å². The van der Waals surface area contributed by atoms with E-state index in [1.807, 2.05) is 37.4 Å². The number of aryl methyl sites for hydroxylation is 2. The standard InChI is InChI=1S/C18H20N4O3S/c1-5-22-14(8-11(2)21-22)17(23)20-18-19-13(10-26-18)12-6-7-15(24-3)16(9-12)25-4/h6-10H,5H2,1-4H3,(H,19,20,23). The van der Waals surface area contributed by atoms with Crippen LogP contribution in [0.15, 0.2) is 29.6 Å². The predicted octanol–water partition coefficient (Wildman–Crippen LogP) is 3.60. The maximum Gasteiger partial charge on any atom is 0.275 e. The Bertz CT molecular complexity index is 932. The second-order valence-electron chi connectivity index (χ2n) is 5.55. The van der Waals surface area contributed by atoms with E-state index in [2.05, 4.69) is 15.4 Å². The van der Waals surface area contributed by atoms with Crippen LogP contribution in [-0.4, -0.2) is 34.9 Å².